The fraction of sp³-hybridized carbons (Fsp3) is 0.0952. The maximum absolute atomic E-state index is 12.9. The molecule has 1 N–H and O–H groups in total. The van der Waals surface area contributed by atoms with Gasteiger partial charge < -0.3 is 0 Å². The van der Waals surface area contributed by atoms with Crippen LogP contribution in [0.4, 0.5) is 13.9 Å². The third-order valence-electron chi connectivity index (χ3n) is 4.57. The van der Waals surface area contributed by atoms with E-state index in [0.717, 1.165) is 26.3 Å². The predicted molar refractivity (Wildman–Crippen MR) is 123 cm³/mol. The molecule has 10 heteroatoms. The van der Waals surface area contributed by atoms with Crippen LogP contribution >= 0.6 is 34.4 Å². The Morgan fingerprint density at radius 1 is 1.13 bits per heavy atom. The molecule has 0 saturated heterocycles. The number of para-hydroxylation sites is 1. The van der Waals surface area contributed by atoms with Gasteiger partial charge in [-0.2, -0.15) is 13.9 Å². The third-order valence-corrected chi connectivity index (χ3v) is 7.32. The number of alkyl halides is 2. The number of thiazole rings is 1. The summed E-state index contributed by atoms with van der Waals surface area (Å²) in [7, 11) is 0. The van der Waals surface area contributed by atoms with Gasteiger partial charge in [-0.15, -0.1) is 11.3 Å². The maximum Gasteiger partial charge on any atom is 0.288 e. The fourth-order valence-corrected chi connectivity index (χ4v) is 5.79. The van der Waals surface area contributed by atoms with Gasteiger partial charge in [0.05, 0.1) is 26.5 Å². The zero-order chi connectivity index (χ0) is 21.5. The monoisotopic (exact) mass is 472 g/mol. The minimum atomic E-state index is -2.48. The standard InChI is InChI=1S/C21H14F2N4OS3/c1-11-14-10-17(30-19(14)27(26-11)12-5-3-2-4-6-12)18(28)25-21-24-15-8-7-13(29-20(22)23)9-16(15)31-21/h2-10,20H,1H3,(H,24,25,28). The lowest BCUT2D eigenvalue weighted by Crippen LogP contribution is -2.09. The molecule has 0 aliphatic heterocycles. The van der Waals surface area contributed by atoms with Crippen molar-refractivity contribution in [2.24, 2.45) is 0 Å². The van der Waals surface area contributed by atoms with Gasteiger partial charge in [0.15, 0.2) is 5.13 Å². The molecule has 0 aliphatic carbocycles. The first-order valence-electron chi connectivity index (χ1n) is 9.19. The molecular formula is C21H14F2N4OS3. The van der Waals surface area contributed by atoms with Crippen LogP contribution in [-0.2, 0) is 0 Å². The molecule has 5 rings (SSSR count). The number of halogens is 2. The highest BCUT2D eigenvalue weighted by Gasteiger charge is 2.18. The van der Waals surface area contributed by atoms with E-state index in [4.69, 9.17) is 0 Å². The molecule has 1 amide bonds. The minimum Gasteiger partial charge on any atom is -0.297 e. The summed E-state index contributed by atoms with van der Waals surface area (Å²) in [5.41, 5.74) is 2.43. The Hall–Kier alpha value is -2.82. The van der Waals surface area contributed by atoms with E-state index in [2.05, 4.69) is 15.4 Å². The summed E-state index contributed by atoms with van der Waals surface area (Å²) in [6, 6.07) is 16.5. The molecule has 0 radical (unpaired) electrons. The van der Waals surface area contributed by atoms with E-state index in [1.807, 2.05) is 48.0 Å². The Labute approximate surface area is 187 Å². The predicted octanol–water partition coefficient (Wildman–Crippen LogP) is 6.57. The smallest absolute Gasteiger partial charge is 0.288 e. The molecule has 156 valence electrons. The summed E-state index contributed by atoms with van der Waals surface area (Å²) in [6.07, 6.45) is 0. The van der Waals surface area contributed by atoms with Gasteiger partial charge in [-0.05, 0) is 43.3 Å². The van der Waals surface area contributed by atoms with Crippen LogP contribution in [0, 0.1) is 6.92 Å². The van der Waals surface area contributed by atoms with E-state index in [0.29, 0.717) is 32.2 Å². The number of anilines is 1. The van der Waals surface area contributed by atoms with Gasteiger partial charge in [0.1, 0.15) is 4.83 Å². The Morgan fingerprint density at radius 2 is 1.94 bits per heavy atom. The molecule has 0 atom stereocenters. The number of benzene rings is 2. The van der Waals surface area contributed by atoms with Crippen molar-refractivity contribution < 1.29 is 13.6 Å². The van der Waals surface area contributed by atoms with Crippen molar-refractivity contribution in [3.63, 3.8) is 0 Å². The summed E-state index contributed by atoms with van der Waals surface area (Å²) >= 11 is 3.11. The average Bonchev–Trinajstić information content (AvgIpc) is 3.42. The molecule has 5 nitrogen and oxygen atoms in total. The van der Waals surface area contributed by atoms with E-state index < -0.39 is 5.76 Å². The minimum absolute atomic E-state index is 0.263. The number of hydrogen-bond acceptors (Lipinski definition) is 6. The fourth-order valence-electron chi connectivity index (χ4n) is 3.20. The topological polar surface area (TPSA) is 59.8 Å². The molecule has 0 unspecified atom stereocenters. The molecule has 3 heterocycles. The second kappa shape index (κ2) is 8.03. The third kappa shape index (κ3) is 3.93. The summed E-state index contributed by atoms with van der Waals surface area (Å²) in [5.74, 6) is -2.74. The number of thiophene rings is 1. The molecule has 0 fully saturated rings. The number of carbonyl (C=O) groups excluding carboxylic acids is 1. The first-order valence-corrected chi connectivity index (χ1v) is 11.7. The number of thioether (sulfide) groups is 1. The summed E-state index contributed by atoms with van der Waals surface area (Å²) < 4.78 is 27.8. The molecule has 0 bridgehead atoms. The van der Waals surface area contributed by atoms with Crippen molar-refractivity contribution in [2.45, 2.75) is 17.6 Å². The van der Waals surface area contributed by atoms with Gasteiger partial charge in [-0.1, -0.05) is 41.3 Å². The van der Waals surface area contributed by atoms with Crippen LogP contribution in [-0.4, -0.2) is 26.4 Å². The second-order valence-electron chi connectivity index (χ2n) is 6.64. The number of amides is 1. The molecule has 0 aliphatic rings. The summed E-state index contributed by atoms with van der Waals surface area (Å²) in [4.78, 5) is 19.2. The number of nitrogens with zero attached hydrogens (tertiary/aromatic N) is 3. The number of hydrogen-bond donors (Lipinski definition) is 1. The van der Waals surface area contributed by atoms with Crippen LogP contribution < -0.4 is 5.32 Å². The van der Waals surface area contributed by atoms with Crippen molar-refractivity contribution >= 4 is 65.9 Å². The van der Waals surface area contributed by atoms with Gasteiger partial charge in [0, 0.05) is 10.3 Å². The van der Waals surface area contributed by atoms with Crippen LogP contribution in [0.2, 0.25) is 0 Å². The van der Waals surface area contributed by atoms with Crippen LogP contribution in [0.25, 0.3) is 26.1 Å². The van der Waals surface area contributed by atoms with E-state index >= 15 is 0 Å². The highest BCUT2D eigenvalue weighted by molar-refractivity contribution is 7.99. The Kier molecular flexibility index (Phi) is 5.20. The van der Waals surface area contributed by atoms with Crippen molar-refractivity contribution in [1.82, 2.24) is 14.8 Å². The number of aryl methyl sites for hydroxylation is 1. The number of carbonyl (C=O) groups is 1. The highest BCUT2D eigenvalue weighted by atomic mass is 32.2. The van der Waals surface area contributed by atoms with Gasteiger partial charge in [0.2, 0.25) is 0 Å². The van der Waals surface area contributed by atoms with Gasteiger partial charge in [-0.3, -0.25) is 10.1 Å². The lowest BCUT2D eigenvalue weighted by molar-refractivity contribution is 0.103. The maximum atomic E-state index is 12.9. The molecule has 2 aromatic carbocycles. The lowest BCUT2D eigenvalue weighted by atomic mass is 10.3. The van der Waals surface area contributed by atoms with Gasteiger partial charge in [0.25, 0.3) is 11.7 Å². The van der Waals surface area contributed by atoms with Gasteiger partial charge in [-0.25, -0.2) is 9.67 Å². The van der Waals surface area contributed by atoms with Crippen molar-refractivity contribution in [3.05, 3.63) is 65.2 Å². The summed E-state index contributed by atoms with van der Waals surface area (Å²) in [6.45, 7) is 1.92. The molecular weight excluding hydrogens is 458 g/mol. The molecule has 0 spiro atoms. The zero-order valence-corrected chi connectivity index (χ0v) is 18.5. The van der Waals surface area contributed by atoms with E-state index in [9.17, 15) is 13.6 Å². The van der Waals surface area contributed by atoms with Crippen LogP contribution in [0.15, 0.2) is 59.5 Å². The van der Waals surface area contributed by atoms with Gasteiger partial charge >= 0.3 is 0 Å². The molecule has 5 aromatic rings. The molecule has 0 saturated carbocycles. The van der Waals surface area contributed by atoms with E-state index in [1.54, 1.807) is 18.2 Å². The average molecular weight is 473 g/mol. The van der Waals surface area contributed by atoms with Crippen molar-refractivity contribution in [1.29, 1.82) is 0 Å². The first kappa shape index (κ1) is 20.1. The second-order valence-corrected chi connectivity index (χ2v) is 9.77. The largest absolute Gasteiger partial charge is 0.297 e. The zero-order valence-electron chi connectivity index (χ0n) is 16.0. The highest BCUT2D eigenvalue weighted by Crippen LogP contribution is 2.34. The van der Waals surface area contributed by atoms with Crippen LogP contribution in [0.3, 0.4) is 0 Å². The van der Waals surface area contributed by atoms with E-state index in [1.165, 1.54) is 22.7 Å². The molecule has 3 aromatic heterocycles. The normalized spacial score (nSPS) is 11.6. The Morgan fingerprint density at radius 3 is 2.71 bits per heavy atom. The number of rotatable bonds is 5. The summed E-state index contributed by atoms with van der Waals surface area (Å²) in [5, 5.41) is 8.78. The first-order chi connectivity index (χ1) is 15.0. The number of fused-ring (bicyclic) bond motifs is 2. The quantitative estimate of drug-likeness (QED) is 0.294. The van der Waals surface area contributed by atoms with Crippen molar-refractivity contribution in [3.8, 4) is 5.69 Å². The lowest BCUT2D eigenvalue weighted by Gasteiger charge is -2.01. The van der Waals surface area contributed by atoms with Crippen molar-refractivity contribution in [2.75, 3.05) is 5.32 Å². The van der Waals surface area contributed by atoms with E-state index in [-0.39, 0.29) is 5.91 Å². The SMILES string of the molecule is Cc1nn(-c2ccccc2)c2sc(C(=O)Nc3nc4ccc(SC(F)F)cc4s3)cc12. The Bertz CT molecular complexity index is 1410. The number of aromatic nitrogens is 3. The molecule has 31 heavy (non-hydrogen) atoms. The number of nitrogens with one attached hydrogen (secondary N) is 1. The Balaban J connectivity index is 1.43. The van der Waals surface area contributed by atoms with Crippen LogP contribution in [0.1, 0.15) is 15.4 Å². The van der Waals surface area contributed by atoms with Crippen LogP contribution in [0.5, 0.6) is 0 Å².